The molecule has 0 aliphatic carbocycles. The summed E-state index contributed by atoms with van der Waals surface area (Å²) >= 11 is 3.37. The van der Waals surface area contributed by atoms with E-state index in [0.717, 1.165) is 4.88 Å². The van der Waals surface area contributed by atoms with Crippen molar-refractivity contribution in [2.24, 2.45) is 5.73 Å². The monoisotopic (exact) mass is 251 g/mol. The van der Waals surface area contributed by atoms with Crippen LogP contribution in [0.1, 0.15) is 18.8 Å². The molecule has 0 amide bonds. The molecule has 0 fully saturated rings. The molecule has 1 unspecified atom stereocenters. The lowest BCUT2D eigenvalue weighted by atomic mass is 10.3. The fourth-order valence-electron chi connectivity index (χ4n) is 1.39. The Hall–Kier alpha value is -1.24. The van der Waals surface area contributed by atoms with Gasteiger partial charge in [-0.1, -0.05) is 5.16 Å². The van der Waals surface area contributed by atoms with E-state index >= 15 is 0 Å². The predicted octanol–water partition coefficient (Wildman–Crippen LogP) is 3.03. The Kier molecular flexibility index (Phi) is 2.27. The SMILES string of the molecule is CC(N)c1noc(-c2cc3sccc3s2)n1. The lowest BCUT2D eigenvalue weighted by Gasteiger charge is -1.92. The first-order valence-electron chi connectivity index (χ1n) is 4.80. The summed E-state index contributed by atoms with van der Waals surface area (Å²) in [4.78, 5) is 5.27. The second kappa shape index (κ2) is 3.65. The molecule has 0 saturated heterocycles. The Balaban J connectivity index is 2.05. The first-order chi connectivity index (χ1) is 7.74. The van der Waals surface area contributed by atoms with Crippen LogP contribution in [-0.2, 0) is 0 Å². The molecule has 2 N–H and O–H groups in total. The summed E-state index contributed by atoms with van der Waals surface area (Å²) in [7, 11) is 0. The minimum Gasteiger partial charge on any atom is -0.333 e. The Morgan fingerprint density at radius 1 is 1.44 bits per heavy atom. The summed E-state index contributed by atoms with van der Waals surface area (Å²) in [6, 6.07) is 3.97. The smallest absolute Gasteiger partial charge is 0.268 e. The number of nitrogens with zero attached hydrogens (tertiary/aromatic N) is 2. The first kappa shape index (κ1) is 9.95. The molecule has 16 heavy (non-hydrogen) atoms. The molecule has 6 heteroatoms. The fourth-order valence-corrected chi connectivity index (χ4v) is 3.42. The van der Waals surface area contributed by atoms with Crippen LogP contribution in [-0.4, -0.2) is 10.1 Å². The summed E-state index contributed by atoms with van der Waals surface area (Å²) in [5.74, 6) is 1.10. The Labute approximate surface area is 99.7 Å². The molecule has 3 heterocycles. The van der Waals surface area contributed by atoms with Crippen molar-refractivity contribution in [2.45, 2.75) is 13.0 Å². The van der Waals surface area contributed by atoms with Gasteiger partial charge in [-0.05, 0) is 24.4 Å². The van der Waals surface area contributed by atoms with Crippen molar-refractivity contribution >= 4 is 32.1 Å². The Bertz CT molecular complexity index is 594. The van der Waals surface area contributed by atoms with Gasteiger partial charge in [-0.25, -0.2) is 0 Å². The molecule has 0 aliphatic heterocycles. The van der Waals surface area contributed by atoms with Crippen LogP contribution in [0.3, 0.4) is 0 Å². The maximum Gasteiger partial charge on any atom is 0.268 e. The minimum atomic E-state index is -0.196. The standard InChI is InChI=1S/C10H9N3OS2/c1-5(11)9-12-10(14-13-9)8-4-7-6(16-8)2-3-15-7/h2-5H,11H2,1H3. The number of thiophene rings is 2. The molecular formula is C10H9N3OS2. The maximum absolute atomic E-state index is 5.68. The molecule has 0 radical (unpaired) electrons. The van der Waals surface area contributed by atoms with Crippen LogP contribution >= 0.6 is 22.7 Å². The van der Waals surface area contributed by atoms with E-state index in [0.29, 0.717) is 11.7 Å². The van der Waals surface area contributed by atoms with Gasteiger partial charge in [0.2, 0.25) is 0 Å². The zero-order chi connectivity index (χ0) is 11.1. The van der Waals surface area contributed by atoms with Gasteiger partial charge in [0, 0.05) is 9.40 Å². The van der Waals surface area contributed by atoms with Crippen LogP contribution in [0.2, 0.25) is 0 Å². The highest BCUT2D eigenvalue weighted by Gasteiger charge is 2.14. The van der Waals surface area contributed by atoms with Crippen molar-refractivity contribution in [3.63, 3.8) is 0 Å². The lowest BCUT2D eigenvalue weighted by molar-refractivity contribution is 0.419. The number of aromatic nitrogens is 2. The summed E-state index contributed by atoms with van der Waals surface area (Å²) in [5, 5.41) is 5.92. The first-order valence-corrected chi connectivity index (χ1v) is 6.50. The van der Waals surface area contributed by atoms with Gasteiger partial charge in [-0.15, -0.1) is 22.7 Å². The molecule has 4 nitrogen and oxygen atoms in total. The van der Waals surface area contributed by atoms with Crippen molar-refractivity contribution in [3.8, 4) is 10.8 Å². The number of fused-ring (bicyclic) bond motifs is 1. The third-order valence-corrected chi connectivity index (χ3v) is 4.28. The van der Waals surface area contributed by atoms with Crippen molar-refractivity contribution in [2.75, 3.05) is 0 Å². The quantitative estimate of drug-likeness (QED) is 0.760. The highest BCUT2D eigenvalue weighted by molar-refractivity contribution is 7.28. The van der Waals surface area contributed by atoms with Gasteiger partial charge in [-0.2, -0.15) is 4.98 Å². The maximum atomic E-state index is 5.68. The fraction of sp³-hybridized carbons (Fsp3) is 0.200. The summed E-state index contributed by atoms with van der Waals surface area (Å²) < 4.78 is 7.69. The molecule has 3 aromatic rings. The molecule has 82 valence electrons. The van der Waals surface area contributed by atoms with Crippen LogP contribution in [0.4, 0.5) is 0 Å². The van der Waals surface area contributed by atoms with E-state index < -0.39 is 0 Å². The molecule has 0 bridgehead atoms. The molecule has 3 aromatic heterocycles. The highest BCUT2D eigenvalue weighted by atomic mass is 32.1. The van der Waals surface area contributed by atoms with E-state index in [2.05, 4.69) is 27.7 Å². The average Bonchev–Trinajstić information content (AvgIpc) is 2.91. The van der Waals surface area contributed by atoms with Crippen molar-refractivity contribution in [1.82, 2.24) is 10.1 Å². The van der Waals surface area contributed by atoms with Gasteiger partial charge < -0.3 is 10.3 Å². The predicted molar refractivity (Wildman–Crippen MR) is 65.6 cm³/mol. The molecule has 1 atom stereocenters. The van der Waals surface area contributed by atoms with Crippen molar-refractivity contribution in [3.05, 3.63) is 23.3 Å². The van der Waals surface area contributed by atoms with E-state index in [-0.39, 0.29) is 6.04 Å². The third kappa shape index (κ3) is 1.55. The van der Waals surface area contributed by atoms with Crippen LogP contribution in [0.15, 0.2) is 22.0 Å². The van der Waals surface area contributed by atoms with E-state index in [4.69, 9.17) is 10.3 Å². The van der Waals surface area contributed by atoms with Crippen LogP contribution in [0.5, 0.6) is 0 Å². The van der Waals surface area contributed by atoms with Gasteiger partial charge in [0.15, 0.2) is 5.82 Å². The Morgan fingerprint density at radius 3 is 3.00 bits per heavy atom. The van der Waals surface area contributed by atoms with Crippen LogP contribution < -0.4 is 5.73 Å². The molecule has 3 rings (SSSR count). The molecule has 0 aliphatic rings. The van der Waals surface area contributed by atoms with E-state index in [1.165, 1.54) is 9.40 Å². The number of hydrogen-bond donors (Lipinski definition) is 1. The van der Waals surface area contributed by atoms with E-state index in [1.807, 2.05) is 6.92 Å². The summed E-state index contributed by atoms with van der Waals surface area (Å²) in [5.41, 5.74) is 5.68. The molecule has 0 aromatic carbocycles. The van der Waals surface area contributed by atoms with Gasteiger partial charge in [-0.3, -0.25) is 0 Å². The second-order valence-corrected chi connectivity index (χ2v) is 5.54. The van der Waals surface area contributed by atoms with E-state index in [1.54, 1.807) is 22.7 Å². The summed E-state index contributed by atoms with van der Waals surface area (Å²) in [6.07, 6.45) is 0. The van der Waals surface area contributed by atoms with Crippen molar-refractivity contribution in [1.29, 1.82) is 0 Å². The highest BCUT2D eigenvalue weighted by Crippen LogP contribution is 2.35. The van der Waals surface area contributed by atoms with Gasteiger partial charge >= 0.3 is 0 Å². The third-order valence-electron chi connectivity index (χ3n) is 2.20. The Morgan fingerprint density at radius 2 is 2.31 bits per heavy atom. The van der Waals surface area contributed by atoms with E-state index in [9.17, 15) is 0 Å². The zero-order valence-electron chi connectivity index (χ0n) is 8.51. The van der Waals surface area contributed by atoms with Crippen LogP contribution in [0.25, 0.3) is 20.2 Å². The average molecular weight is 251 g/mol. The van der Waals surface area contributed by atoms with Gasteiger partial charge in [0.1, 0.15) is 0 Å². The largest absolute Gasteiger partial charge is 0.333 e. The normalized spacial score (nSPS) is 13.4. The molecule has 0 saturated carbocycles. The summed E-state index contributed by atoms with van der Waals surface area (Å²) in [6.45, 7) is 1.83. The second-order valence-electron chi connectivity index (χ2n) is 3.51. The lowest BCUT2D eigenvalue weighted by Crippen LogP contribution is -2.06. The van der Waals surface area contributed by atoms with Crippen molar-refractivity contribution < 1.29 is 4.52 Å². The number of hydrogen-bond acceptors (Lipinski definition) is 6. The number of nitrogens with two attached hydrogens (primary N) is 1. The topological polar surface area (TPSA) is 64.9 Å². The molecule has 0 spiro atoms. The number of rotatable bonds is 2. The van der Waals surface area contributed by atoms with Crippen LogP contribution in [0, 0.1) is 0 Å². The molecular weight excluding hydrogens is 242 g/mol. The van der Waals surface area contributed by atoms with Gasteiger partial charge in [0.25, 0.3) is 5.89 Å². The van der Waals surface area contributed by atoms with Gasteiger partial charge in [0.05, 0.1) is 10.9 Å². The zero-order valence-corrected chi connectivity index (χ0v) is 10.1. The minimum absolute atomic E-state index is 0.196.